The van der Waals surface area contributed by atoms with Gasteiger partial charge in [0.15, 0.2) is 0 Å². The lowest BCUT2D eigenvalue weighted by Gasteiger charge is -2.14. The van der Waals surface area contributed by atoms with Crippen LogP contribution >= 0.6 is 0 Å². The van der Waals surface area contributed by atoms with Crippen LogP contribution in [-0.4, -0.2) is 18.5 Å². The second kappa shape index (κ2) is 7.24. The van der Waals surface area contributed by atoms with Gasteiger partial charge >= 0.3 is 0 Å². The summed E-state index contributed by atoms with van der Waals surface area (Å²) < 4.78 is 0. The van der Waals surface area contributed by atoms with Gasteiger partial charge in [-0.15, -0.1) is 0 Å². The molecule has 0 heterocycles. The quantitative estimate of drug-likeness (QED) is 0.725. The molecule has 0 spiro atoms. The molecule has 1 aromatic carbocycles. The van der Waals surface area contributed by atoms with Gasteiger partial charge in [0, 0.05) is 12.5 Å². The maximum Gasteiger partial charge on any atom is 0.0602 e. The van der Waals surface area contributed by atoms with Crippen molar-refractivity contribution in [1.29, 1.82) is 0 Å². The minimum Gasteiger partial charge on any atom is -0.291 e. The topological polar surface area (TPSA) is 3.24 Å². The summed E-state index contributed by atoms with van der Waals surface area (Å²) in [4.78, 5) is 2.25. The SMILES string of the molecule is CC(C)C#CCN(C)Cc1ccc(C(C)C)cc1. The first-order chi connectivity index (χ1) is 8.49. The number of benzene rings is 1. The third kappa shape index (κ3) is 5.38. The molecule has 1 aromatic rings. The summed E-state index contributed by atoms with van der Waals surface area (Å²) in [5.74, 6) is 7.47. The van der Waals surface area contributed by atoms with Crippen molar-refractivity contribution in [2.75, 3.05) is 13.6 Å². The number of hydrogen-bond acceptors (Lipinski definition) is 1. The summed E-state index contributed by atoms with van der Waals surface area (Å²) in [6.45, 7) is 10.5. The second-order valence-corrected chi connectivity index (χ2v) is 5.54. The predicted molar refractivity (Wildman–Crippen MR) is 79.5 cm³/mol. The van der Waals surface area contributed by atoms with Gasteiger partial charge in [-0.1, -0.05) is 63.8 Å². The van der Waals surface area contributed by atoms with Gasteiger partial charge in [-0.05, 0) is 24.1 Å². The fourth-order valence-electron chi connectivity index (χ4n) is 1.76. The summed E-state index contributed by atoms with van der Waals surface area (Å²) in [6.07, 6.45) is 0. The Kier molecular flexibility index (Phi) is 5.95. The molecule has 0 unspecified atom stereocenters. The zero-order valence-corrected chi connectivity index (χ0v) is 12.3. The highest BCUT2D eigenvalue weighted by Gasteiger charge is 2.01. The van der Waals surface area contributed by atoms with Gasteiger partial charge in [0.05, 0.1) is 6.54 Å². The van der Waals surface area contributed by atoms with Gasteiger partial charge in [0.2, 0.25) is 0 Å². The Bertz CT molecular complexity index is 403. The van der Waals surface area contributed by atoms with Crippen LogP contribution in [0.1, 0.15) is 44.7 Å². The standard InChI is InChI=1S/C17H25N/c1-14(2)7-6-12-18(5)13-16-8-10-17(11-9-16)15(3)4/h8-11,14-15H,12-13H2,1-5H3. The van der Waals surface area contributed by atoms with E-state index in [9.17, 15) is 0 Å². The van der Waals surface area contributed by atoms with E-state index >= 15 is 0 Å². The molecule has 0 atom stereocenters. The van der Waals surface area contributed by atoms with Crippen molar-refractivity contribution in [3.8, 4) is 11.8 Å². The summed E-state index contributed by atoms with van der Waals surface area (Å²) >= 11 is 0. The van der Waals surface area contributed by atoms with E-state index in [1.807, 2.05) is 0 Å². The van der Waals surface area contributed by atoms with E-state index in [0.29, 0.717) is 11.8 Å². The van der Waals surface area contributed by atoms with E-state index < -0.39 is 0 Å². The van der Waals surface area contributed by atoms with Gasteiger partial charge in [0.25, 0.3) is 0 Å². The Morgan fingerprint density at radius 2 is 1.67 bits per heavy atom. The smallest absolute Gasteiger partial charge is 0.0602 e. The average Bonchev–Trinajstić information content (AvgIpc) is 2.29. The first-order valence-corrected chi connectivity index (χ1v) is 6.74. The van der Waals surface area contributed by atoms with Crippen molar-refractivity contribution in [2.24, 2.45) is 5.92 Å². The van der Waals surface area contributed by atoms with Crippen LogP contribution in [0, 0.1) is 17.8 Å². The van der Waals surface area contributed by atoms with Crippen LogP contribution < -0.4 is 0 Å². The highest BCUT2D eigenvalue weighted by molar-refractivity contribution is 5.24. The lowest BCUT2D eigenvalue weighted by Crippen LogP contribution is -2.18. The minimum absolute atomic E-state index is 0.462. The molecule has 0 amide bonds. The van der Waals surface area contributed by atoms with Crippen molar-refractivity contribution in [3.63, 3.8) is 0 Å². The number of nitrogens with zero attached hydrogens (tertiary/aromatic N) is 1. The first kappa shape index (κ1) is 14.8. The third-order valence-corrected chi connectivity index (χ3v) is 2.84. The van der Waals surface area contributed by atoms with Gasteiger partial charge in [0.1, 0.15) is 0 Å². The molecule has 1 nitrogen and oxygen atoms in total. The summed E-state index contributed by atoms with van der Waals surface area (Å²) in [5.41, 5.74) is 2.76. The molecule has 0 saturated heterocycles. The van der Waals surface area contributed by atoms with Crippen molar-refractivity contribution in [3.05, 3.63) is 35.4 Å². The molecular weight excluding hydrogens is 218 g/mol. The Labute approximate surface area is 112 Å². The average molecular weight is 243 g/mol. The highest BCUT2D eigenvalue weighted by Crippen LogP contribution is 2.15. The Balaban J connectivity index is 2.50. The molecule has 0 saturated carbocycles. The van der Waals surface area contributed by atoms with Crippen LogP contribution in [0.15, 0.2) is 24.3 Å². The first-order valence-electron chi connectivity index (χ1n) is 6.74. The Morgan fingerprint density at radius 3 is 2.17 bits per heavy atom. The van der Waals surface area contributed by atoms with E-state index in [-0.39, 0.29) is 0 Å². The molecule has 1 heteroatoms. The van der Waals surface area contributed by atoms with Gasteiger partial charge in [-0.2, -0.15) is 0 Å². The third-order valence-electron chi connectivity index (χ3n) is 2.84. The minimum atomic E-state index is 0.462. The van der Waals surface area contributed by atoms with Crippen molar-refractivity contribution < 1.29 is 0 Å². The van der Waals surface area contributed by atoms with E-state index in [0.717, 1.165) is 13.1 Å². The van der Waals surface area contributed by atoms with Crippen molar-refractivity contribution in [2.45, 2.75) is 40.2 Å². The maximum atomic E-state index is 3.21. The van der Waals surface area contributed by atoms with E-state index in [2.05, 4.69) is 75.7 Å². The van der Waals surface area contributed by atoms with Crippen LogP contribution in [0.5, 0.6) is 0 Å². The zero-order valence-electron chi connectivity index (χ0n) is 12.3. The van der Waals surface area contributed by atoms with Gasteiger partial charge < -0.3 is 0 Å². The van der Waals surface area contributed by atoms with Crippen LogP contribution in [0.25, 0.3) is 0 Å². The fraction of sp³-hybridized carbons (Fsp3) is 0.529. The molecule has 18 heavy (non-hydrogen) atoms. The van der Waals surface area contributed by atoms with Crippen molar-refractivity contribution in [1.82, 2.24) is 4.90 Å². The zero-order chi connectivity index (χ0) is 13.5. The van der Waals surface area contributed by atoms with Gasteiger partial charge in [-0.3, -0.25) is 4.90 Å². The van der Waals surface area contributed by atoms with Crippen LogP contribution in [-0.2, 0) is 6.54 Å². The van der Waals surface area contributed by atoms with Crippen molar-refractivity contribution >= 4 is 0 Å². The van der Waals surface area contributed by atoms with Gasteiger partial charge in [-0.25, -0.2) is 0 Å². The second-order valence-electron chi connectivity index (χ2n) is 5.54. The summed E-state index contributed by atoms with van der Waals surface area (Å²) in [6, 6.07) is 8.91. The summed E-state index contributed by atoms with van der Waals surface area (Å²) in [7, 11) is 2.12. The Hall–Kier alpha value is -1.26. The van der Waals surface area contributed by atoms with E-state index in [1.54, 1.807) is 0 Å². The largest absolute Gasteiger partial charge is 0.291 e. The Morgan fingerprint density at radius 1 is 1.06 bits per heavy atom. The molecule has 0 aliphatic heterocycles. The number of rotatable bonds is 4. The predicted octanol–water partition coefficient (Wildman–Crippen LogP) is 3.90. The monoisotopic (exact) mass is 243 g/mol. The molecule has 0 aliphatic carbocycles. The lowest BCUT2D eigenvalue weighted by molar-refractivity contribution is 0.369. The molecule has 1 rings (SSSR count). The molecule has 0 fully saturated rings. The lowest BCUT2D eigenvalue weighted by atomic mass is 10.0. The number of hydrogen-bond donors (Lipinski definition) is 0. The van der Waals surface area contributed by atoms with E-state index in [1.165, 1.54) is 11.1 Å². The van der Waals surface area contributed by atoms with E-state index in [4.69, 9.17) is 0 Å². The maximum absolute atomic E-state index is 3.21. The fourth-order valence-corrected chi connectivity index (χ4v) is 1.76. The van der Waals surface area contributed by atoms with Crippen LogP contribution in [0.2, 0.25) is 0 Å². The molecular formula is C17H25N. The normalized spacial score (nSPS) is 10.9. The molecule has 0 aliphatic rings. The molecule has 0 bridgehead atoms. The highest BCUT2D eigenvalue weighted by atomic mass is 15.1. The molecule has 98 valence electrons. The molecule has 0 radical (unpaired) electrons. The molecule has 0 N–H and O–H groups in total. The molecule has 0 aromatic heterocycles. The van der Waals surface area contributed by atoms with Crippen LogP contribution in [0.4, 0.5) is 0 Å². The summed E-state index contributed by atoms with van der Waals surface area (Å²) in [5, 5.41) is 0. The van der Waals surface area contributed by atoms with Crippen LogP contribution in [0.3, 0.4) is 0 Å².